The van der Waals surface area contributed by atoms with Crippen molar-refractivity contribution in [1.29, 1.82) is 0 Å². The van der Waals surface area contributed by atoms with E-state index in [1.807, 2.05) is 31.2 Å². The fourth-order valence-corrected chi connectivity index (χ4v) is 4.76. The summed E-state index contributed by atoms with van der Waals surface area (Å²) in [5.74, 6) is 0.0460. The first kappa shape index (κ1) is 28.4. The van der Waals surface area contributed by atoms with Gasteiger partial charge >= 0.3 is 6.03 Å². The number of amides is 4. The maximum Gasteiger partial charge on any atom is 0.335 e. The average molecular weight is 703 g/mol. The monoisotopic (exact) mass is 702 g/mol. The number of urea groups is 1. The van der Waals surface area contributed by atoms with Crippen molar-refractivity contribution in [2.75, 3.05) is 18.1 Å². The molecule has 0 aromatic heterocycles. The normalized spacial score (nSPS) is 14.3. The van der Waals surface area contributed by atoms with Crippen LogP contribution in [0.1, 0.15) is 18.1 Å². The maximum atomic E-state index is 13.4. The molecule has 200 valence electrons. The lowest BCUT2D eigenvalue weighted by Crippen LogP contribution is -2.54. The van der Waals surface area contributed by atoms with Crippen molar-refractivity contribution in [1.82, 2.24) is 5.32 Å². The van der Waals surface area contributed by atoms with Crippen molar-refractivity contribution < 1.29 is 28.6 Å². The minimum absolute atomic E-state index is 0.192. The predicted octanol–water partition coefficient (Wildman–Crippen LogP) is 6.26. The smallest absolute Gasteiger partial charge is 0.335 e. The Balaban J connectivity index is 1.56. The minimum Gasteiger partial charge on any atom is -0.490 e. The Bertz CT molecular complexity index is 1440. The molecular weight excluding hydrogens is 679 g/mol. The summed E-state index contributed by atoms with van der Waals surface area (Å²) in [6.45, 7) is 6.55. The van der Waals surface area contributed by atoms with Crippen LogP contribution in [-0.2, 0) is 16.2 Å². The highest BCUT2D eigenvalue weighted by Gasteiger charge is 2.37. The molecule has 1 heterocycles. The summed E-state index contributed by atoms with van der Waals surface area (Å²) >= 11 is 5.50. The van der Waals surface area contributed by atoms with Crippen LogP contribution in [0.5, 0.6) is 17.2 Å². The Labute approximate surface area is 247 Å². The van der Waals surface area contributed by atoms with E-state index < -0.39 is 17.8 Å². The standard InChI is InChI=1S/C29H24BrIN2O6/c1-3-13-38-26-24(31)15-19(16-25(26)37-4-2)14-23-27(34)32-29(36)33(28(23)35)21-9-11-22(12-10-21)39-17-18-5-7-20(30)8-6-18/h3,5-12,14-16H,1,4,13,17H2,2H3,(H,32,34,36)/b23-14+. The maximum absolute atomic E-state index is 13.4. The number of hydrogen-bond donors (Lipinski definition) is 1. The zero-order valence-electron chi connectivity index (χ0n) is 20.9. The van der Waals surface area contributed by atoms with E-state index in [-0.39, 0.29) is 5.57 Å². The first-order valence-corrected chi connectivity index (χ1v) is 13.8. The molecule has 39 heavy (non-hydrogen) atoms. The molecule has 3 aromatic carbocycles. The highest BCUT2D eigenvalue weighted by atomic mass is 127. The third-order valence-corrected chi connectivity index (χ3v) is 6.83. The van der Waals surface area contributed by atoms with Crippen LogP contribution in [0.25, 0.3) is 6.08 Å². The van der Waals surface area contributed by atoms with Crippen LogP contribution in [0.15, 0.2) is 83.4 Å². The average Bonchev–Trinajstić information content (AvgIpc) is 2.91. The van der Waals surface area contributed by atoms with Crippen molar-refractivity contribution in [2.24, 2.45) is 0 Å². The summed E-state index contributed by atoms with van der Waals surface area (Å²) in [7, 11) is 0. The third kappa shape index (κ3) is 6.87. The molecule has 4 rings (SSSR count). The fraction of sp³-hybridized carbons (Fsp3) is 0.138. The van der Waals surface area contributed by atoms with Gasteiger partial charge in [-0.05, 0) is 95.2 Å². The molecule has 0 saturated carbocycles. The second kappa shape index (κ2) is 12.9. The Morgan fingerprint density at radius 2 is 1.72 bits per heavy atom. The number of nitrogens with one attached hydrogen (secondary N) is 1. The molecule has 1 fully saturated rings. The van der Waals surface area contributed by atoms with Crippen molar-refractivity contribution >= 4 is 68.1 Å². The van der Waals surface area contributed by atoms with E-state index in [1.165, 1.54) is 6.08 Å². The SMILES string of the molecule is C=CCOc1c(I)cc(/C=C2\C(=O)NC(=O)N(c3ccc(OCc4ccc(Br)cc4)cc3)C2=O)cc1OCC. The molecular formula is C29H24BrIN2O6. The Hall–Kier alpha value is -3.64. The Kier molecular flexibility index (Phi) is 9.41. The summed E-state index contributed by atoms with van der Waals surface area (Å²) < 4.78 is 18.9. The lowest BCUT2D eigenvalue weighted by Gasteiger charge is -2.26. The molecule has 8 nitrogen and oxygen atoms in total. The number of barbiturate groups is 1. The largest absolute Gasteiger partial charge is 0.490 e. The first-order valence-electron chi connectivity index (χ1n) is 11.9. The Morgan fingerprint density at radius 3 is 2.38 bits per heavy atom. The number of rotatable bonds is 10. The number of ether oxygens (including phenoxy) is 3. The van der Waals surface area contributed by atoms with E-state index in [4.69, 9.17) is 14.2 Å². The van der Waals surface area contributed by atoms with Gasteiger partial charge in [0.1, 0.15) is 24.5 Å². The molecule has 0 aliphatic carbocycles. The van der Waals surface area contributed by atoms with Gasteiger partial charge in [0, 0.05) is 4.47 Å². The summed E-state index contributed by atoms with van der Waals surface area (Å²) in [6.07, 6.45) is 3.05. The molecule has 1 aliphatic rings. The van der Waals surface area contributed by atoms with Gasteiger partial charge in [-0.25, -0.2) is 9.69 Å². The van der Waals surface area contributed by atoms with E-state index in [0.717, 1.165) is 18.5 Å². The van der Waals surface area contributed by atoms with Gasteiger partial charge in [0.2, 0.25) is 0 Å². The van der Waals surface area contributed by atoms with Gasteiger partial charge in [0.25, 0.3) is 11.8 Å². The second-order valence-corrected chi connectivity index (χ2v) is 10.3. The Morgan fingerprint density at radius 1 is 1.00 bits per heavy atom. The molecule has 1 saturated heterocycles. The van der Waals surface area contributed by atoms with Gasteiger partial charge < -0.3 is 14.2 Å². The van der Waals surface area contributed by atoms with Crippen LogP contribution in [0.4, 0.5) is 10.5 Å². The molecule has 1 aliphatic heterocycles. The van der Waals surface area contributed by atoms with E-state index >= 15 is 0 Å². The van der Waals surface area contributed by atoms with E-state index in [1.54, 1.807) is 42.5 Å². The fourth-order valence-electron chi connectivity index (χ4n) is 3.71. The van der Waals surface area contributed by atoms with Crippen molar-refractivity contribution in [3.8, 4) is 17.2 Å². The number of benzene rings is 3. The molecule has 0 atom stereocenters. The van der Waals surface area contributed by atoms with Gasteiger partial charge in [0.15, 0.2) is 11.5 Å². The van der Waals surface area contributed by atoms with Gasteiger partial charge in [-0.1, -0.05) is 40.7 Å². The number of halogens is 2. The summed E-state index contributed by atoms with van der Waals surface area (Å²) in [6, 6.07) is 16.8. The van der Waals surface area contributed by atoms with Crippen molar-refractivity contribution in [3.05, 3.63) is 98.1 Å². The molecule has 0 unspecified atom stereocenters. The number of imide groups is 2. The third-order valence-electron chi connectivity index (χ3n) is 5.50. The molecule has 3 aromatic rings. The molecule has 10 heteroatoms. The zero-order valence-corrected chi connectivity index (χ0v) is 24.7. The second-order valence-electron chi connectivity index (χ2n) is 8.23. The van der Waals surface area contributed by atoms with Crippen LogP contribution >= 0.6 is 38.5 Å². The van der Waals surface area contributed by atoms with Crippen molar-refractivity contribution in [3.63, 3.8) is 0 Å². The van der Waals surface area contributed by atoms with Crippen LogP contribution in [0, 0.1) is 3.57 Å². The lowest BCUT2D eigenvalue weighted by atomic mass is 10.1. The molecule has 0 spiro atoms. The number of carbonyl (C=O) groups is 3. The number of carbonyl (C=O) groups excluding carboxylic acids is 3. The minimum atomic E-state index is -0.830. The first-order chi connectivity index (χ1) is 18.8. The van der Waals surface area contributed by atoms with E-state index in [2.05, 4.69) is 50.4 Å². The lowest BCUT2D eigenvalue weighted by molar-refractivity contribution is -0.122. The topological polar surface area (TPSA) is 94.2 Å². The van der Waals surface area contributed by atoms with Crippen LogP contribution in [0.2, 0.25) is 0 Å². The van der Waals surface area contributed by atoms with Gasteiger partial charge in [-0.15, -0.1) is 0 Å². The van der Waals surface area contributed by atoms with Gasteiger partial charge in [-0.2, -0.15) is 0 Å². The van der Waals surface area contributed by atoms with Gasteiger partial charge in [-0.3, -0.25) is 14.9 Å². The number of nitrogens with zero attached hydrogens (tertiary/aromatic N) is 1. The summed E-state index contributed by atoms with van der Waals surface area (Å²) in [4.78, 5) is 39.6. The molecule has 0 radical (unpaired) electrons. The summed E-state index contributed by atoms with van der Waals surface area (Å²) in [5.41, 5.74) is 1.63. The molecule has 0 bridgehead atoms. The van der Waals surface area contributed by atoms with E-state index in [0.29, 0.717) is 48.3 Å². The quantitative estimate of drug-likeness (QED) is 0.116. The summed E-state index contributed by atoms with van der Waals surface area (Å²) in [5, 5.41) is 2.24. The highest BCUT2D eigenvalue weighted by molar-refractivity contribution is 14.1. The van der Waals surface area contributed by atoms with E-state index in [9.17, 15) is 14.4 Å². The predicted molar refractivity (Wildman–Crippen MR) is 160 cm³/mol. The van der Waals surface area contributed by atoms with Crippen LogP contribution in [-0.4, -0.2) is 31.1 Å². The van der Waals surface area contributed by atoms with Crippen LogP contribution < -0.4 is 24.4 Å². The molecule has 4 amide bonds. The zero-order chi connectivity index (χ0) is 27.9. The highest BCUT2D eigenvalue weighted by Crippen LogP contribution is 2.35. The number of hydrogen-bond acceptors (Lipinski definition) is 6. The van der Waals surface area contributed by atoms with Gasteiger partial charge in [0.05, 0.1) is 15.9 Å². The molecule has 1 N–H and O–H groups in total. The number of anilines is 1. The van der Waals surface area contributed by atoms with Crippen molar-refractivity contribution in [2.45, 2.75) is 13.5 Å². The van der Waals surface area contributed by atoms with Crippen LogP contribution in [0.3, 0.4) is 0 Å².